The molecule has 0 bridgehead atoms. The molecule has 0 heterocycles. The molecular weight excluding hydrogens is 256 g/mol. The van der Waals surface area contributed by atoms with Gasteiger partial charge in [-0.05, 0) is 29.6 Å². The van der Waals surface area contributed by atoms with Crippen molar-refractivity contribution in [1.29, 1.82) is 0 Å². The minimum absolute atomic E-state index is 0.100. The van der Waals surface area contributed by atoms with Crippen molar-refractivity contribution in [2.45, 2.75) is 18.9 Å². The summed E-state index contributed by atoms with van der Waals surface area (Å²) in [5.41, 5.74) is 9.46. The number of azide groups is 1. The molecule has 1 atom stereocenters. The van der Waals surface area contributed by atoms with Gasteiger partial charge in [0, 0.05) is 18.4 Å². The lowest BCUT2D eigenvalue weighted by Crippen LogP contribution is -2.30. The zero-order chi connectivity index (χ0) is 15.0. The Morgan fingerprint density at radius 1 is 1.55 bits per heavy atom. The largest absolute Gasteiger partial charge is 0.508 e. The van der Waals surface area contributed by atoms with Crippen molar-refractivity contribution in [2.24, 2.45) is 5.11 Å². The van der Waals surface area contributed by atoms with Crippen molar-refractivity contribution in [2.75, 3.05) is 13.6 Å². The highest BCUT2D eigenvalue weighted by Gasteiger charge is 2.16. The summed E-state index contributed by atoms with van der Waals surface area (Å²) in [4.78, 5) is 16.1. The Morgan fingerprint density at radius 3 is 2.75 bits per heavy atom. The van der Waals surface area contributed by atoms with Gasteiger partial charge in [0.25, 0.3) is 0 Å². The van der Waals surface area contributed by atoms with E-state index in [1.807, 2.05) is 0 Å². The molecule has 1 N–H and O–H groups in total. The molecule has 1 amide bonds. The Hall–Kier alpha value is -2.64. The molecule has 6 nitrogen and oxygen atoms in total. The van der Waals surface area contributed by atoms with E-state index in [9.17, 15) is 9.90 Å². The van der Waals surface area contributed by atoms with E-state index < -0.39 is 6.04 Å². The van der Waals surface area contributed by atoms with Gasteiger partial charge >= 0.3 is 0 Å². The average molecular weight is 272 g/mol. The molecule has 0 aliphatic rings. The summed E-state index contributed by atoms with van der Waals surface area (Å²) >= 11 is 0. The Bertz CT molecular complexity index is 541. The van der Waals surface area contributed by atoms with E-state index in [1.165, 1.54) is 4.90 Å². The standard InChI is InChI=1S/C14H16N4O2/c1-3-8-18(2)14(20)10-12(16-17-15)9-11-4-6-13(19)7-5-11/h1,4-7,12,19H,8-10H2,2H3. The minimum atomic E-state index is -0.475. The quantitative estimate of drug-likeness (QED) is 0.372. The Labute approximate surface area is 117 Å². The predicted molar refractivity (Wildman–Crippen MR) is 75.8 cm³/mol. The summed E-state index contributed by atoms with van der Waals surface area (Å²) in [7, 11) is 1.61. The van der Waals surface area contributed by atoms with Crippen LogP contribution in [0, 0.1) is 12.3 Å². The van der Waals surface area contributed by atoms with Crippen molar-refractivity contribution in [1.82, 2.24) is 4.90 Å². The van der Waals surface area contributed by atoms with E-state index in [2.05, 4.69) is 15.9 Å². The predicted octanol–water partition coefficient (Wildman–Crippen LogP) is 2.10. The van der Waals surface area contributed by atoms with Crippen LogP contribution in [0.2, 0.25) is 0 Å². The van der Waals surface area contributed by atoms with E-state index in [1.54, 1.807) is 31.3 Å². The monoisotopic (exact) mass is 272 g/mol. The fourth-order valence-corrected chi connectivity index (χ4v) is 1.71. The maximum Gasteiger partial charge on any atom is 0.223 e. The molecule has 1 unspecified atom stereocenters. The van der Waals surface area contributed by atoms with Gasteiger partial charge in [0.05, 0.1) is 12.6 Å². The van der Waals surface area contributed by atoms with Gasteiger partial charge in [-0.2, -0.15) is 0 Å². The highest BCUT2D eigenvalue weighted by molar-refractivity contribution is 5.76. The van der Waals surface area contributed by atoms with Gasteiger partial charge in [-0.15, -0.1) is 6.42 Å². The zero-order valence-electron chi connectivity index (χ0n) is 11.2. The fourth-order valence-electron chi connectivity index (χ4n) is 1.71. The van der Waals surface area contributed by atoms with E-state index in [0.717, 1.165) is 5.56 Å². The average Bonchev–Trinajstić information content (AvgIpc) is 2.42. The van der Waals surface area contributed by atoms with E-state index in [4.69, 9.17) is 12.0 Å². The number of phenolic OH excluding ortho intramolecular Hbond substituents is 1. The van der Waals surface area contributed by atoms with Crippen LogP contribution in [0.3, 0.4) is 0 Å². The normalized spacial score (nSPS) is 11.0. The van der Waals surface area contributed by atoms with Gasteiger partial charge < -0.3 is 10.0 Å². The number of aromatic hydroxyl groups is 1. The maximum atomic E-state index is 11.9. The molecule has 0 saturated heterocycles. The number of hydrogen-bond acceptors (Lipinski definition) is 3. The number of rotatable bonds is 6. The first kappa shape index (κ1) is 15.4. The molecule has 1 rings (SSSR count). The number of terminal acetylenes is 1. The molecule has 104 valence electrons. The summed E-state index contributed by atoms with van der Waals surface area (Å²) in [6.45, 7) is 0.223. The van der Waals surface area contributed by atoms with Crippen LogP contribution in [-0.2, 0) is 11.2 Å². The third-order valence-corrected chi connectivity index (χ3v) is 2.79. The number of carbonyl (C=O) groups excluding carboxylic acids is 1. The lowest BCUT2D eigenvalue weighted by molar-refractivity contribution is -0.129. The third-order valence-electron chi connectivity index (χ3n) is 2.79. The van der Waals surface area contributed by atoms with Crippen LogP contribution in [0.25, 0.3) is 10.4 Å². The lowest BCUT2D eigenvalue weighted by atomic mass is 10.0. The van der Waals surface area contributed by atoms with Crippen LogP contribution in [0.1, 0.15) is 12.0 Å². The van der Waals surface area contributed by atoms with Crippen LogP contribution < -0.4 is 0 Å². The van der Waals surface area contributed by atoms with Crippen molar-refractivity contribution >= 4 is 5.91 Å². The Morgan fingerprint density at radius 2 is 2.20 bits per heavy atom. The van der Waals surface area contributed by atoms with E-state index in [0.29, 0.717) is 6.42 Å². The summed E-state index contributed by atoms with van der Waals surface area (Å²) < 4.78 is 0. The van der Waals surface area contributed by atoms with Crippen LogP contribution in [0.15, 0.2) is 29.4 Å². The molecule has 0 fully saturated rings. The minimum Gasteiger partial charge on any atom is -0.508 e. The molecule has 20 heavy (non-hydrogen) atoms. The number of hydrogen-bond donors (Lipinski definition) is 1. The Balaban J connectivity index is 2.70. The van der Waals surface area contributed by atoms with Gasteiger partial charge in [-0.25, -0.2) is 0 Å². The molecule has 0 aliphatic carbocycles. The van der Waals surface area contributed by atoms with Crippen LogP contribution in [0.4, 0.5) is 0 Å². The smallest absolute Gasteiger partial charge is 0.223 e. The van der Waals surface area contributed by atoms with Crippen molar-refractivity contribution in [3.63, 3.8) is 0 Å². The number of nitrogens with zero attached hydrogens (tertiary/aromatic N) is 4. The Kier molecular flexibility index (Phi) is 5.95. The fraction of sp³-hybridized carbons (Fsp3) is 0.357. The van der Waals surface area contributed by atoms with E-state index >= 15 is 0 Å². The molecule has 0 aliphatic heterocycles. The van der Waals surface area contributed by atoms with Gasteiger partial charge in [0.1, 0.15) is 5.75 Å². The zero-order valence-corrected chi connectivity index (χ0v) is 11.2. The lowest BCUT2D eigenvalue weighted by Gasteiger charge is -2.17. The summed E-state index contributed by atoms with van der Waals surface area (Å²) in [6.07, 6.45) is 5.68. The van der Waals surface area contributed by atoms with Crippen LogP contribution in [-0.4, -0.2) is 35.5 Å². The summed E-state index contributed by atoms with van der Waals surface area (Å²) in [5, 5.41) is 12.9. The summed E-state index contributed by atoms with van der Waals surface area (Å²) in [5.74, 6) is 2.38. The summed E-state index contributed by atoms with van der Waals surface area (Å²) in [6, 6.07) is 6.08. The van der Waals surface area contributed by atoms with Crippen molar-refractivity contribution in [3.05, 3.63) is 40.3 Å². The topological polar surface area (TPSA) is 89.3 Å². The second kappa shape index (κ2) is 7.72. The number of phenols is 1. The third kappa shape index (κ3) is 4.92. The second-order valence-corrected chi connectivity index (χ2v) is 4.39. The second-order valence-electron chi connectivity index (χ2n) is 4.39. The number of benzene rings is 1. The molecule has 0 radical (unpaired) electrons. The first-order chi connectivity index (χ1) is 9.56. The number of amides is 1. The van der Waals surface area contributed by atoms with Crippen LogP contribution in [0.5, 0.6) is 5.75 Å². The van der Waals surface area contributed by atoms with Crippen molar-refractivity contribution < 1.29 is 9.90 Å². The first-order valence-corrected chi connectivity index (χ1v) is 6.06. The highest BCUT2D eigenvalue weighted by atomic mass is 16.3. The molecule has 1 aromatic rings. The van der Waals surface area contributed by atoms with Gasteiger partial charge in [-0.1, -0.05) is 23.2 Å². The van der Waals surface area contributed by atoms with Crippen molar-refractivity contribution in [3.8, 4) is 18.1 Å². The molecule has 0 saturated carbocycles. The van der Waals surface area contributed by atoms with Gasteiger partial charge in [0.2, 0.25) is 5.91 Å². The molecule has 0 aromatic heterocycles. The molecular formula is C14H16N4O2. The van der Waals surface area contributed by atoms with Crippen LogP contribution >= 0.6 is 0 Å². The van der Waals surface area contributed by atoms with E-state index in [-0.39, 0.29) is 24.6 Å². The van der Waals surface area contributed by atoms with Gasteiger partial charge in [0.15, 0.2) is 0 Å². The molecule has 1 aromatic carbocycles. The number of carbonyl (C=O) groups is 1. The first-order valence-electron chi connectivity index (χ1n) is 6.06. The molecule has 0 spiro atoms. The SMILES string of the molecule is C#CCN(C)C(=O)CC(Cc1ccc(O)cc1)N=[N+]=[N-]. The highest BCUT2D eigenvalue weighted by Crippen LogP contribution is 2.14. The molecule has 6 heteroatoms. The van der Waals surface area contributed by atoms with Gasteiger partial charge in [-0.3, -0.25) is 4.79 Å². The maximum absolute atomic E-state index is 11.9.